The Labute approximate surface area is 116 Å². The first kappa shape index (κ1) is 13.1. The van der Waals surface area contributed by atoms with Crippen molar-refractivity contribution in [3.63, 3.8) is 0 Å². The summed E-state index contributed by atoms with van der Waals surface area (Å²) < 4.78 is 1.03. The third-order valence-corrected chi connectivity index (χ3v) is 3.59. The summed E-state index contributed by atoms with van der Waals surface area (Å²) in [5, 5.41) is 10.2. The molecule has 1 atom stereocenters. The standard InChI is InChI=1S/C16H15BrO/c1-12-6-2-4-8-14(12)16(18)11-10-13-7-3-5-9-15(13)17/h2-11,16,18H,1H3/b11-10+. The number of benzene rings is 2. The Bertz CT molecular complexity index is 561. The number of hydrogen-bond donors (Lipinski definition) is 1. The average molecular weight is 303 g/mol. The van der Waals surface area contributed by atoms with Gasteiger partial charge in [0.25, 0.3) is 0 Å². The Morgan fingerprint density at radius 1 is 1.06 bits per heavy atom. The molecule has 0 heterocycles. The highest BCUT2D eigenvalue weighted by molar-refractivity contribution is 9.10. The van der Waals surface area contributed by atoms with Crippen molar-refractivity contribution in [2.24, 2.45) is 0 Å². The van der Waals surface area contributed by atoms with E-state index in [-0.39, 0.29) is 0 Å². The second-order valence-electron chi connectivity index (χ2n) is 4.18. The molecule has 1 nitrogen and oxygen atoms in total. The van der Waals surface area contributed by atoms with Crippen LogP contribution in [-0.4, -0.2) is 5.11 Å². The van der Waals surface area contributed by atoms with E-state index < -0.39 is 6.10 Å². The van der Waals surface area contributed by atoms with Gasteiger partial charge in [0.1, 0.15) is 0 Å². The molecule has 0 aromatic heterocycles. The molecular weight excluding hydrogens is 288 g/mol. The molecule has 0 saturated carbocycles. The zero-order valence-electron chi connectivity index (χ0n) is 10.2. The predicted molar refractivity (Wildman–Crippen MR) is 79.3 cm³/mol. The van der Waals surface area contributed by atoms with Gasteiger partial charge in [-0.05, 0) is 29.7 Å². The highest BCUT2D eigenvalue weighted by Gasteiger charge is 2.05. The Balaban J connectivity index is 2.20. The summed E-state index contributed by atoms with van der Waals surface area (Å²) >= 11 is 3.48. The van der Waals surface area contributed by atoms with Crippen molar-refractivity contribution >= 4 is 22.0 Å². The van der Waals surface area contributed by atoms with Gasteiger partial charge in [-0.3, -0.25) is 0 Å². The molecule has 18 heavy (non-hydrogen) atoms. The maximum Gasteiger partial charge on any atom is 0.0977 e. The van der Waals surface area contributed by atoms with Gasteiger partial charge in [0.15, 0.2) is 0 Å². The van der Waals surface area contributed by atoms with Crippen molar-refractivity contribution in [1.82, 2.24) is 0 Å². The van der Waals surface area contributed by atoms with E-state index in [1.165, 1.54) is 0 Å². The quantitative estimate of drug-likeness (QED) is 0.885. The van der Waals surface area contributed by atoms with Crippen molar-refractivity contribution in [2.75, 3.05) is 0 Å². The van der Waals surface area contributed by atoms with Gasteiger partial charge in [0, 0.05) is 4.47 Å². The van der Waals surface area contributed by atoms with Crippen LogP contribution in [-0.2, 0) is 0 Å². The fourth-order valence-corrected chi connectivity index (χ4v) is 2.24. The van der Waals surface area contributed by atoms with Crippen molar-refractivity contribution in [3.8, 4) is 0 Å². The molecule has 0 fully saturated rings. The van der Waals surface area contributed by atoms with Crippen LogP contribution < -0.4 is 0 Å². The maximum absolute atomic E-state index is 10.2. The molecule has 92 valence electrons. The van der Waals surface area contributed by atoms with Gasteiger partial charge in [0.05, 0.1) is 6.10 Å². The van der Waals surface area contributed by atoms with Crippen LogP contribution in [0.5, 0.6) is 0 Å². The maximum atomic E-state index is 10.2. The molecule has 0 aliphatic heterocycles. The lowest BCUT2D eigenvalue weighted by Crippen LogP contribution is -1.95. The topological polar surface area (TPSA) is 20.2 Å². The molecule has 2 rings (SSSR count). The molecule has 0 bridgehead atoms. The molecule has 0 radical (unpaired) electrons. The van der Waals surface area contributed by atoms with Crippen LogP contribution in [0.4, 0.5) is 0 Å². The lowest BCUT2D eigenvalue weighted by molar-refractivity contribution is 0.229. The summed E-state index contributed by atoms with van der Waals surface area (Å²) in [7, 11) is 0. The number of aryl methyl sites for hydroxylation is 1. The van der Waals surface area contributed by atoms with Crippen LogP contribution in [0.2, 0.25) is 0 Å². The molecule has 1 N–H and O–H groups in total. The largest absolute Gasteiger partial charge is 0.384 e. The number of halogens is 1. The van der Waals surface area contributed by atoms with Gasteiger partial charge in [-0.15, -0.1) is 0 Å². The first-order valence-electron chi connectivity index (χ1n) is 5.85. The third-order valence-electron chi connectivity index (χ3n) is 2.87. The van der Waals surface area contributed by atoms with Crippen LogP contribution in [0.3, 0.4) is 0 Å². The highest BCUT2D eigenvalue weighted by atomic mass is 79.9. The van der Waals surface area contributed by atoms with Gasteiger partial charge in [0.2, 0.25) is 0 Å². The van der Waals surface area contributed by atoms with Crippen molar-refractivity contribution in [1.29, 1.82) is 0 Å². The summed E-state index contributed by atoms with van der Waals surface area (Å²) in [5.74, 6) is 0. The lowest BCUT2D eigenvalue weighted by Gasteiger charge is -2.09. The molecule has 2 aromatic carbocycles. The van der Waals surface area contributed by atoms with Crippen LogP contribution in [0, 0.1) is 6.92 Å². The summed E-state index contributed by atoms with van der Waals surface area (Å²) in [4.78, 5) is 0. The molecule has 0 spiro atoms. The van der Waals surface area contributed by atoms with Crippen LogP contribution in [0.15, 0.2) is 59.1 Å². The van der Waals surface area contributed by atoms with E-state index in [1.807, 2.05) is 67.6 Å². The van der Waals surface area contributed by atoms with E-state index in [9.17, 15) is 5.11 Å². The van der Waals surface area contributed by atoms with Gasteiger partial charge >= 0.3 is 0 Å². The number of aliphatic hydroxyl groups is 1. The SMILES string of the molecule is Cc1ccccc1C(O)/C=C/c1ccccc1Br. The van der Waals surface area contributed by atoms with Crippen LogP contribution in [0.25, 0.3) is 6.08 Å². The third kappa shape index (κ3) is 3.09. The van der Waals surface area contributed by atoms with Gasteiger partial charge < -0.3 is 5.11 Å². The van der Waals surface area contributed by atoms with Crippen molar-refractivity contribution in [3.05, 3.63) is 75.8 Å². The van der Waals surface area contributed by atoms with E-state index >= 15 is 0 Å². The Morgan fingerprint density at radius 2 is 1.72 bits per heavy atom. The fourth-order valence-electron chi connectivity index (χ4n) is 1.83. The Morgan fingerprint density at radius 3 is 2.44 bits per heavy atom. The van der Waals surface area contributed by atoms with E-state index in [0.717, 1.165) is 21.2 Å². The van der Waals surface area contributed by atoms with Crippen molar-refractivity contribution in [2.45, 2.75) is 13.0 Å². The molecular formula is C16H15BrO. The molecule has 0 saturated heterocycles. The minimum atomic E-state index is -0.571. The second-order valence-corrected chi connectivity index (χ2v) is 5.04. The van der Waals surface area contributed by atoms with Crippen molar-refractivity contribution < 1.29 is 5.11 Å². The summed E-state index contributed by atoms with van der Waals surface area (Å²) in [6.45, 7) is 2.00. The van der Waals surface area contributed by atoms with E-state index in [4.69, 9.17) is 0 Å². The smallest absolute Gasteiger partial charge is 0.0977 e. The summed E-state index contributed by atoms with van der Waals surface area (Å²) in [6.07, 6.45) is 3.17. The van der Waals surface area contributed by atoms with E-state index in [0.29, 0.717) is 0 Å². The number of rotatable bonds is 3. The van der Waals surface area contributed by atoms with E-state index in [2.05, 4.69) is 15.9 Å². The average Bonchev–Trinajstić information content (AvgIpc) is 2.38. The summed E-state index contributed by atoms with van der Waals surface area (Å²) in [6, 6.07) is 15.8. The second kappa shape index (κ2) is 5.98. The fraction of sp³-hybridized carbons (Fsp3) is 0.125. The summed E-state index contributed by atoms with van der Waals surface area (Å²) in [5.41, 5.74) is 3.10. The minimum absolute atomic E-state index is 0.571. The number of hydrogen-bond acceptors (Lipinski definition) is 1. The Kier molecular flexibility index (Phi) is 4.34. The highest BCUT2D eigenvalue weighted by Crippen LogP contribution is 2.22. The van der Waals surface area contributed by atoms with Gasteiger partial charge in [-0.25, -0.2) is 0 Å². The molecule has 1 unspecified atom stereocenters. The van der Waals surface area contributed by atoms with Gasteiger partial charge in [-0.1, -0.05) is 70.5 Å². The Hall–Kier alpha value is -1.38. The molecule has 0 amide bonds. The first-order valence-corrected chi connectivity index (χ1v) is 6.64. The molecule has 0 aliphatic rings. The zero-order chi connectivity index (χ0) is 13.0. The molecule has 2 heteroatoms. The first-order chi connectivity index (χ1) is 8.68. The minimum Gasteiger partial charge on any atom is -0.384 e. The van der Waals surface area contributed by atoms with Crippen LogP contribution >= 0.6 is 15.9 Å². The molecule has 0 aliphatic carbocycles. The lowest BCUT2D eigenvalue weighted by atomic mass is 10.0. The molecule has 2 aromatic rings. The number of aliphatic hydroxyl groups excluding tert-OH is 1. The zero-order valence-corrected chi connectivity index (χ0v) is 11.8. The monoisotopic (exact) mass is 302 g/mol. The van der Waals surface area contributed by atoms with Gasteiger partial charge in [-0.2, -0.15) is 0 Å². The predicted octanol–water partition coefficient (Wildman–Crippen LogP) is 4.50. The van der Waals surface area contributed by atoms with E-state index in [1.54, 1.807) is 0 Å². The normalized spacial score (nSPS) is 12.8. The van der Waals surface area contributed by atoms with Crippen LogP contribution in [0.1, 0.15) is 22.8 Å².